The van der Waals surface area contributed by atoms with Gasteiger partial charge in [-0.3, -0.25) is 4.79 Å². The first-order chi connectivity index (χ1) is 12.1. The molecule has 0 aliphatic rings. The van der Waals surface area contributed by atoms with Crippen LogP contribution < -0.4 is 14.8 Å². The van der Waals surface area contributed by atoms with Crippen LogP contribution in [0.4, 0.5) is 0 Å². The molecule has 0 spiro atoms. The van der Waals surface area contributed by atoms with Gasteiger partial charge in [-0.1, -0.05) is 18.2 Å². The lowest BCUT2D eigenvalue weighted by Crippen LogP contribution is -2.28. The first-order valence-electron chi connectivity index (χ1n) is 8.08. The Morgan fingerprint density at radius 2 is 1.96 bits per heavy atom. The number of benzene rings is 2. The molecule has 1 heterocycles. The second-order valence-corrected chi connectivity index (χ2v) is 5.83. The standard InChI is InChI=1S/C20H21NO4/c1-13(16-6-4-5-7-18(16)24-3)21-20(22)10-14-12-25-19-11-15(23-2)8-9-17(14)19/h4-9,11-13H,10H2,1-3H3,(H,21,22)/t13-/m1/s1. The molecule has 1 aromatic heterocycles. The van der Waals surface area contributed by atoms with Crippen molar-refractivity contribution < 1.29 is 18.7 Å². The van der Waals surface area contributed by atoms with E-state index in [-0.39, 0.29) is 18.4 Å². The van der Waals surface area contributed by atoms with Crippen LogP contribution in [-0.2, 0) is 11.2 Å². The molecule has 0 bridgehead atoms. The summed E-state index contributed by atoms with van der Waals surface area (Å²) >= 11 is 0. The summed E-state index contributed by atoms with van der Waals surface area (Å²) in [5.74, 6) is 1.41. The average Bonchev–Trinajstić information content (AvgIpc) is 3.03. The lowest BCUT2D eigenvalue weighted by Gasteiger charge is -2.17. The van der Waals surface area contributed by atoms with Crippen LogP contribution in [0.25, 0.3) is 11.0 Å². The topological polar surface area (TPSA) is 60.7 Å². The number of furan rings is 1. The van der Waals surface area contributed by atoms with Crippen LogP contribution in [0.3, 0.4) is 0 Å². The fraction of sp³-hybridized carbons (Fsp3) is 0.250. The van der Waals surface area contributed by atoms with Gasteiger partial charge in [0.25, 0.3) is 0 Å². The lowest BCUT2D eigenvalue weighted by atomic mass is 10.1. The summed E-state index contributed by atoms with van der Waals surface area (Å²) in [6.45, 7) is 1.94. The molecular formula is C20H21NO4. The zero-order chi connectivity index (χ0) is 17.8. The van der Waals surface area contributed by atoms with E-state index in [1.165, 1.54) is 0 Å². The van der Waals surface area contributed by atoms with Gasteiger partial charge in [-0.15, -0.1) is 0 Å². The van der Waals surface area contributed by atoms with E-state index in [0.29, 0.717) is 5.58 Å². The molecule has 0 radical (unpaired) electrons. The third-order valence-corrected chi connectivity index (χ3v) is 4.20. The Balaban J connectivity index is 1.72. The molecule has 0 aliphatic heterocycles. The van der Waals surface area contributed by atoms with Crippen molar-refractivity contribution in [2.75, 3.05) is 14.2 Å². The normalized spacial score (nSPS) is 12.0. The summed E-state index contributed by atoms with van der Waals surface area (Å²) in [5, 5.41) is 3.93. The molecule has 0 aliphatic carbocycles. The second kappa shape index (κ2) is 7.30. The number of ether oxygens (including phenoxy) is 2. The van der Waals surface area contributed by atoms with Crippen molar-refractivity contribution in [1.29, 1.82) is 0 Å². The highest BCUT2D eigenvalue weighted by atomic mass is 16.5. The predicted octanol–water partition coefficient (Wildman–Crippen LogP) is 3.87. The molecule has 0 saturated carbocycles. The van der Waals surface area contributed by atoms with Gasteiger partial charge in [0.2, 0.25) is 5.91 Å². The Bertz CT molecular complexity index is 884. The molecule has 130 valence electrons. The van der Waals surface area contributed by atoms with Crippen molar-refractivity contribution in [3.05, 3.63) is 59.9 Å². The van der Waals surface area contributed by atoms with Crippen molar-refractivity contribution in [1.82, 2.24) is 5.32 Å². The largest absolute Gasteiger partial charge is 0.497 e. The molecule has 0 unspecified atom stereocenters. The van der Waals surface area contributed by atoms with Crippen LogP contribution >= 0.6 is 0 Å². The quantitative estimate of drug-likeness (QED) is 0.740. The second-order valence-electron chi connectivity index (χ2n) is 5.83. The van der Waals surface area contributed by atoms with Gasteiger partial charge in [0.15, 0.2) is 0 Å². The Hall–Kier alpha value is -2.95. The molecule has 0 fully saturated rings. The van der Waals surface area contributed by atoms with E-state index in [9.17, 15) is 4.79 Å². The molecule has 3 rings (SSSR count). The Labute approximate surface area is 146 Å². The Kier molecular flexibility index (Phi) is 4.93. The third-order valence-electron chi connectivity index (χ3n) is 4.20. The summed E-state index contributed by atoms with van der Waals surface area (Å²) in [6.07, 6.45) is 1.87. The number of rotatable bonds is 6. The number of amides is 1. The molecule has 0 saturated heterocycles. The highest BCUT2D eigenvalue weighted by molar-refractivity contribution is 5.88. The summed E-state index contributed by atoms with van der Waals surface area (Å²) in [6, 6.07) is 13.1. The van der Waals surface area contributed by atoms with Gasteiger partial charge in [-0.05, 0) is 25.1 Å². The van der Waals surface area contributed by atoms with Crippen molar-refractivity contribution >= 4 is 16.9 Å². The number of nitrogens with one attached hydrogen (secondary N) is 1. The minimum Gasteiger partial charge on any atom is -0.497 e. The molecule has 1 N–H and O–H groups in total. The van der Waals surface area contributed by atoms with E-state index in [0.717, 1.165) is 28.0 Å². The summed E-state index contributed by atoms with van der Waals surface area (Å²) in [4.78, 5) is 12.4. The van der Waals surface area contributed by atoms with Crippen molar-refractivity contribution in [3.8, 4) is 11.5 Å². The number of methoxy groups -OCH3 is 2. The molecule has 3 aromatic rings. The van der Waals surface area contributed by atoms with Gasteiger partial charge < -0.3 is 19.2 Å². The van der Waals surface area contributed by atoms with Crippen molar-refractivity contribution in [2.24, 2.45) is 0 Å². The van der Waals surface area contributed by atoms with E-state index in [4.69, 9.17) is 13.9 Å². The maximum atomic E-state index is 12.4. The highest BCUT2D eigenvalue weighted by Crippen LogP contribution is 2.27. The summed E-state index contributed by atoms with van der Waals surface area (Å²) < 4.78 is 16.1. The zero-order valence-corrected chi connectivity index (χ0v) is 14.5. The molecule has 5 nitrogen and oxygen atoms in total. The molecule has 1 atom stereocenters. The number of fused-ring (bicyclic) bond motifs is 1. The summed E-state index contributed by atoms with van der Waals surface area (Å²) in [5.41, 5.74) is 2.50. The zero-order valence-electron chi connectivity index (χ0n) is 14.5. The number of carbonyl (C=O) groups excluding carboxylic acids is 1. The first kappa shape index (κ1) is 16.9. The first-order valence-corrected chi connectivity index (χ1v) is 8.08. The molecule has 1 amide bonds. The van der Waals surface area contributed by atoms with Crippen LogP contribution in [0.15, 0.2) is 53.1 Å². The van der Waals surface area contributed by atoms with Gasteiger partial charge in [-0.25, -0.2) is 0 Å². The van der Waals surface area contributed by atoms with Crippen molar-refractivity contribution in [2.45, 2.75) is 19.4 Å². The molecule has 5 heteroatoms. The maximum Gasteiger partial charge on any atom is 0.225 e. The van der Waals surface area contributed by atoms with Gasteiger partial charge in [-0.2, -0.15) is 0 Å². The molecular weight excluding hydrogens is 318 g/mol. The van der Waals surface area contributed by atoms with Crippen LogP contribution in [0.2, 0.25) is 0 Å². The third kappa shape index (κ3) is 3.60. The van der Waals surface area contributed by atoms with Gasteiger partial charge in [0.1, 0.15) is 17.1 Å². The van der Waals surface area contributed by atoms with E-state index >= 15 is 0 Å². The maximum absolute atomic E-state index is 12.4. The number of carbonyl (C=O) groups is 1. The van der Waals surface area contributed by atoms with Gasteiger partial charge in [0.05, 0.1) is 32.9 Å². The van der Waals surface area contributed by atoms with E-state index in [1.807, 2.05) is 49.4 Å². The summed E-state index contributed by atoms with van der Waals surface area (Å²) in [7, 11) is 3.23. The average molecular weight is 339 g/mol. The fourth-order valence-electron chi connectivity index (χ4n) is 2.89. The fourth-order valence-corrected chi connectivity index (χ4v) is 2.89. The van der Waals surface area contributed by atoms with E-state index in [1.54, 1.807) is 20.5 Å². The van der Waals surface area contributed by atoms with Crippen molar-refractivity contribution in [3.63, 3.8) is 0 Å². The van der Waals surface area contributed by atoms with Crippen LogP contribution in [-0.4, -0.2) is 20.1 Å². The smallest absolute Gasteiger partial charge is 0.225 e. The van der Waals surface area contributed by atoms with Crippen LogP contribution in [0.1, 0.15) is 24.1 Å². The Morgan fingerprint density at radius 1 is 1.16 bits per heavy atom. The van der Waals surface area contributed by atoms with E-state index < -0.39 is 0 Å². The van der Waals surface area contributed by atoms with Crippen LogP contribution in [0.5, 0.6) is 11.5 Å². The number of hydrogen-bond donors (Lipinski definition) is 1. The minimum atomic E-state index is -0.151. The van der Waals surface area contributed by atoms with Gasteiger partial charge in [0, 0.05) is 22.6 Å². The molecule has 25 heavy (non-hydrogen) atoms. The highest BCUT2D eigenvalue weighted by Gasteiger charge is 2.16. The molecule has 2 aromatic carbocycles. The number of para-hydroxylation sites is 1. The lowest BCUT2D eigenvalue weighted by molar-refractivity contribution is -0.121. The SMILES string of the molecule is COc1ccc2c(CC(=O)N[C@H](C)c3ccccc3OC)coc2c1. The predicted molar refractivity (Wildman–Crippen MR) is 96.0 cm³/mol. The monoisotopic (exact) mass is 339 g/mol. The number of hydrogen-bond acceptors (Lipinski definition) is 4. The van der Waals surface area contributed by atoms with Crippen LogP contribution in [0, 0.1) is 0 Å². The van der Waals surface area contributed by atoms with E-state index in [2.05, 4.69) is 5.32 Å². The minimum absolute atomic E-state index is 0.0723. The Morgan fingerprint density at radius 3 is 2.72 bits per heavy atom. The van der Waals surface area contributed by atoms with Gasteiger partial charge >= 0.3 is 0 Å².